The van der Waals surface area contributed by atoms with Gasteiger partial charge in [-0.05, 0) is 55.3 Å². The molecule has 15 heteroatoms. The smallest absolute Gasteiger partial charge is 0.390 e. The summed E-state index contributed by atoms with van der Waals surface area (Å²) in [4.78, 5) is 17.8. The van der Waals surface area contributed by atoms with Crippen LogP contribution in [0.4, 0.5) is 13.2 Å². The normalized spacial score (nSPS) is 14.8. The Bertz CT molecular complexity index is 1470. The van der Waals surface area contributed by atoms with Crippen LogP contribution in [0.15, 0.2) is 42.5 Å². The zero-order valence-corrected chi connectivity index (χ0v) is 23.2. The molecule has 0 atom stereocenters. The van der Waals surface area contributed by atoms with Crippen molar-refractivity contribution in [1.29, 1.82) is 0 Å². The van der Waals surface area contributed by atoms with Crippen molar-refractivity contribution in [3.63, 3.8) is 0 Å². The Morgan fingerprint density at radius 3 is 2.35 bits per heavy atom. The zero-order chi connectivity index (χ0) is 29.1. The van der Waals surface area contributed by atoms with Crippen LogP contribution in [-0.2, 0) is 16.7 Å². The monoisotopic (exact) mass is 620 g/mol. The maximum atomic E-state index is 13.2. The summed E-state index contributed by atoms with van der Waals surface area (Å²) in [6.45, 7) is 0.749. The molecule has 0 radical (unpaired) electrons. The average Bonchev–Trinajstić information content (AvgIpc) is 3.27. The molecule has 1 aliphatic rings. The van der Waals surface area contributed by atoms with Crippen molar-refractivity contribution in [3.8, 4) is 22.8 Å². The molecule has 0 unspecified atom stereocenters. The van der Waals surface area contributed by atoms with Crippen LogP contribution in [0.1, 0.15) is 41.9 Å². The lowest BCUT2D eigenvalue weighted by Crippen LogP contribution is -2.45. The van der Waals surface area contributed by atoms with Gasteiger partial charge in [0, 0.05) is 29.4 Å². The standard InChI is InChI=1S/C25H25Cl2F3N4O5S/c26-16-4-9-19(20(27)14-16)23-31-22(24(36)32-33-11-2-1-3-12-33)21(15-35)34(23)17-5-7-18(8-6-17)39-40(37,38)13-10-25(28,29)30/h4-9,14,35H,1-3,10-13,15H2,(H,32,36). The molecule has 9 nitrogen and oxygen atoms in total. The summed E-state index contributed by atoms with van der Waals surface area (Å²) in [6, 6.07) is 9.97. The first-order valence-corrected chi connectivity index (χ1v) is 14.5. The van der Waals surface area contributed by atoms with Crippen LogP contribution in [-0.4, -0.2) is 59.0 Å². The molecule has 0 saturated carbocycles. The van der Waals surface area contributed by atoms with Crippen LogP contribution < -0.4 is 9.61 Å². The maximum Gasteiger partial charge on any atom is 0.390 e. The van der Waals surface area contributed by atoms with E-state index in [4.69, 9.17) is 27.4 Å². The maximum absolute atomic E-state index is 13.2. The summed E-state index contributed by atoms with van der Waals surface area (Å²) in [6.07, 6.45) is -3.29. The Hall–Kier alpha value is -2.84. The number of rotatable bonds is 9. The van der Waals surface area contributed by atoms with E-state index in [0.717, 1.165) is 19.3 Å². The van der Waals surface area contributed by atoms with E-state index < -0.39 is 41.0 Å². The number of imidazole rings is 1. The van der Waals surface area contributed by atoms with Gasteiger partial charge in [-0.2, -0.15) is 21.6 Å². The Morgan fingerprint density at radius 1 is 1.07 bits per heavy atom. The minimum atomic E-state index is -4.65. The largest absolute Gasteiger partial charge is 0.390 e. The van der Waals surface area contributed by atoms with Gasteiger partial charge in [-0.15, -0.1) is 0 Å². The Kier molecular flexibility index (Phi) is 9.30. The molecule has 1 aliphatic heterocycles. The number of aliphatic hydroxyl groups is 1. The zero-order valence-electron chi connectivity index (χ0n) is 20.9. The number of hydrogen-bond donors (Lipinski definition) is 2. The van der Waals surface area contributed by atoms with Crippen LogP contribution in [0, 0.1) is 0 Å². The van der Waals surface area contributed by atoms with Gasteiger partial charge in [-0.25, -0.2) is 9.99 Å². The lowest BCUT2D eigenvalue weighted by molar-refractivity contribution is -0.130. The van der Waals surface area contributed by atoms with Gasteiger partial charge in [0.2, 0.25) is 0 Å². The van der Waals surface area contributed by atoms with E-state index in [9.17, 15) is 31.5 Å². The number of aliphatic hydroxyl groups excluding tert-OH is 1. The molecule has 0 aliphatic carbocycles. The predicted molar refractivity (Wildman–Crippen MR) is 143 cm³/mol. The van der Waals surface area contributed by atoms with Gasteiger partial charge in [0.15, 0.2) is 5.69 Å². The summed E-state index contributed by atoms with van der Waals surface area (Å²) in [5.41, 5.74) is 3.63. The van der Waals surface area contributed by atoms with Crippen molar-refractivity contribution < 1.29 is 35.7 Å². The number of alkyl halides is 3. The van der Waals surface area contributed by atoms with E-state index in [1.807, 2.05) is 0 Å². The lowest BCUT2D eigenvalue weighted by Gasteiger charge is -2.26. The topological polar surface area (TPSA) is 114 Å². The van der Waals surface area contributed by atoms with Crippen LogP contribution in [0.25, 0.3) is 17.1 Å². The third-order valence-electron chi connectivity index (χ3n) is 6.08. The summed E-state index contributed by atoms with van der Waals surface area (Å²) < 4.78 is 67.7. The number of halogens is 5. The highest BCUT2D eigenvalue weighted by Crippen LogP contribution is 2.34. The fourth-order valence-electron chi connectivity index (χ4n) is 4.19. The number of hydrogen-bond acceptors (Lipinski definition) is 7. The summed E-state index contributed by atoms with van der Waals surface area (Å²) in [5, 5.41) is 12.7. The number of nitrogens with zero attached hydrogens (tertiary/aromatic N) is 3. The molecular weight excluding hydrogens is 596 g/mol. The molecule has 40 heavy (non-hydrogen) atoms. The SMILES string of the molecule is O=C(NN1CCCCC1)c1nc(-c2ccc(Cl)cc2Cl)n(-c2ccc(OS(=O)(=O)CCC(F)(F)F)cc2)c1CO. The fourth-order valence-corrected chi connectivity index (χ4v) is 5.66. The molecule has 2 aromatic carbocycles. The quantitative estimate of drug-likeness (QED) is 0.319. The molecule has 4 rings (SSSR count). The number of nitrogens with one attached hydrogen (secondary N) is 1. The van der Waals surface area contributed by atoms with Crippen molar-refractivity contribution >= 4 is 39.2 Å². The van der Waals surface area contributed by atoms with Gasteiger partial charge in [-0.3, -0.25) is 14.8 Å². The second-order valence-electron chi connectivity index (χ2n) is 9.04. The van der Waals surface area contributed by atoms with E-state index in [1.165, 1.54) is 34.9 Å². The van der Waals surface area contributed by atoms with Gasteiger partial charge < -0.3 is 9.29 Å². The molecule has 3 aromatic rings. The summed E-state index contributed by atoms with van der Waals surface area (Å²) >= 11 is 12.5. The van der Waals surface area contributed by atoms with Gasteiger partial charge in [-0.1, -0.05) is 29.6 Å². The van der Waals surface area contributed by atoms with Gasteiger partial charge >= 0.3 is 16.3 Å². The number of benzene rings is 2. The van der Waals surface area contributed by atoms with Crippen molar-refractivity contribution in [1.82, 2.24) is 20.0 Å². The van der Waals surface area contributed by atoms with E-state index in [1.54, 1.807) is 17.1 Å². The number of carbonyl (C=O) groups excluding carboxylic acids is 1. The Labute approximate surface area is 238 Å². The first-order valence-electron chi connectivity index (χ1n) is 12.2. The fraction of sp³-hybridized carbons (Fsp3) is 0.360. The second-order valence-corrected chi connectivity index (χ2v) is 11.6. The average molecular weight is 621 g/mol. The summed E-state index contributed by atoms with van der Waals surface area (Å²) in [7, 11) is -4.51. The van der Waals surface area contributed by atoms with Crippen molar-refractivity contribution in [2.45, 2.75) is 38.5 Å². The van der Waals surface area contributed by atoms with E-state index in [-0.39, 0.29) is 28.0 Å². The first kappa shape index (κ1) is 30.1. The molecule has 1 fully saturated rings. The Morgan fingerprint density at radius 2 is 1.75 bits per heavy atom. The summed E-state index contributed by atoms with van der Waals surface area (Å²) in [5.74, 6) is -1.79. The van der Waals surface area contributed by atoms with Gasteiger partial charge in [0.25, 0.3) is 5.91 Å². The number of amides is 1. The van der Waals surface area contributed by atoms with Crippen LogP contribution >= 0.6 is 23.2 Å². The Balaban J connectivity index is 1.72. The first-order chi connectivity index (χ1) is 18.9. The second kappa shape index (κ2) is 12.4. The molecular formula is C25H25Cl2F3N4O5S. The third kappa shape index (κ3) is 7.46. The highest BCUT2D eigenvalue weighted by molar-refractivity contribution is 7.87. The number of carbonyl (C=O) groups is 1. The molecule has 0 spiro atoms. The number of aromatic nitrogens is 2. The molecule has 1 amide bonds. The third-order valence-corrected chi connectivity index (χ3v) is 7.78. The highest BCUT2D eigenvalue weighted by atomic mass is 35.5. The van der Waals surface area contributed by atoms with Gasteiger partial charge in [0.05, 0.1) is 29.5 Å². The van der Waals surface area contributed by atoms with E-state index in [2.05, 4.69) is 10.4 Å². The number of hydrazine groups is 1. The molecule has 0 bridgehead atoms. The molecule has 2 heterocycles. The molecule has 1 saturated heterocycles. The van der Waals surface area contributed by atoms with Gasteiger partial charge in [0.1, 0.15) is 11.6 Å². The number of piperidine rings is 1. The molecule has 2 N–H and O–H groups in total. The van der Waals surface area contributed by atoms with Crippen LogP contribution in [0.5, 0.6) is 5.75 Å². The molecule has 1 aromatic heterocycles. The predicted octanol–water partition coefficient (Wildman–Crippen LogP) is 5.13. The minimum Gasteiger partial charge on any atom is -0.390 e. The van der Waals surface area contributed by atoms with Crippen molar-refractivity contribution in [3.05, 3.63) is 63.9 Å². The minimum absolute atomic E-state index is 0.0517. The highest BCUT2D eigenvalue weighted by Gasteiger charge is 2.31. The van der Waals surface area contributed by atoms with E-state index >= 15 is 0 Å². The van der Waals surface area contributed by atoms with Crippen LogP contribution in [0.2, 0.25) is 10.0 Å². The van der Waals surface area contributed by atoms with Crippen LogP contribution in [0.3, 0.4) is 0 Å². The van der Waals surface area contributed by atoms with Crippen molar-refractivity contribution in [2.24, 2.45) is 0 Å². The lowest BCUT2D eigenvalue weighted by atomic mass is 10.2. The van der Waals surface area contributed by atoms with Crippen molar-refractivity contribution in [2.75, 3.05) is 18.8 Å². The molecule has 216 valence electrons. The van der Waals surface area contributed by atoms with E-state index in [0.29, 0.717) is 29.4 Å².